The van der Waals surface area contributed by atoms with Crippen molar-refractivity contribution in [2.45, 2.75) is 39.2 Å². The molecular weight excluding hydrogens is 192 g/mol. The summed E-state index contributed by atoms with van der Waals surface area (Å²) < 4.78 is 10.2. The van der Waals surface area contributed by atoms with Gasteiger partial charge in [0.15, 0.2) is 0 Å². The van der Waals surface area contributed by atoms with Gasteiger partial charge in [-0.05, 0) is 45.3 Å². The van der Waals surface area contributed by atoms with Crippen LogP contribution in [0.15, 0.2) is 23.5 Å². The lowest BCUT2D eigenvalue weighted by atomic mass is 9.93. The van der Waals surface area contributed by atoms with Gasteiger partial charge in [-0.2, -0.15) is 0 Å². The molecule has 15 heavy (non-hydrogen) atoms. The molecule has 0 fully saturated rings. The summed E-state index contributed by atoms with van der Waals surface area (Å²) in [4.78, 5) is 11.2. The fraction of sp³-hybridized carbons (Fsp3) is 0.583. The van der Waals surface area contributed by atoms with Crippen LogP contribution in [0, 0.1) is 0 Å². The lowest BCUT2D eigenvalue weighted by Crippen LogP contribution is -2.28. The smallest absolute Gasteiger partial charge is 0.333 e. The first-order chi connectivity index (χ1) is 6.97. The van der Waals surface area contributed by atoms with Crippen LogP contribution in [0.25, 0.3) is 0 Å². The van der Waals surface area contributed by atoms with Gasteiger partial charge in [0.05, 0.1) is 13.4 Å². The van der Waals surface area contributed by atoms with E-state index in [2.05, 4.69) is 4.74 Å². The van der Waals surface area contributed by atoms with Crippen LogP contribution >= 0.6 is 0 Å². The highest BCUT2D eigenvalue weighted by Gasteiger charge is 2.26. The summed E-state index contributed by atoms with van der Waals surface area (Å²) in [6, 6.07) is 0. The molecule has 84 valence electrons. The zero-order valence-electron chi connectivity index (χ0n) is 9.79. The minimum absolute atomic E-state index is 0.300. The molecule has 1 unspecified atom stereocenters. The van der Waals surface area contributed by atoms with Crippen molar-refractivity contribution in [2.75, 3.05) is 7.11 Å². The second-order valence-electron chi connectivity index (χ2n) is 4.21. The van der Waals surface area contributed by atoms with Gasteiger partial charge in [-0.25, -0.2) is 4.79 Å². The van der Waals surface area contributed by atoms with Crippen molar-refractivity contribution in [2.24, 2.45) is 0 Å². The summed E-state index contributed by atoms with van der Waals surface area (Å²) in [5.74, 6) is -0.300. The summed E-state index contributed by atoms with van der Waals surface area (Å²) in [5, 5.41) is 0. The van der Waals surface area contributed by atoms with Gasteiger partial charge >= 0.3 is 5.97 Å². The Kier molecular flexibility index (Phi) is 3.56. The Balaban J connectivity index is 2.76. The molecule has 1 aliphatic heterocycles. The molecule has 3 heteroatoms. The van der Waals surface area contributed by atoms with Gasteiger partial charge < -0.3 is 9.47 Å². The first-order valence-corrected chi connectivity index (χ1v) is 5.08. The first kappa shape index (κ1) is 11.8. The number of rotatable bonds is 2. The van der Waals surface area contributed by atoms with Crippen LogP contribution in [-0.4, -0.2) is 18.7 Å². The van der Waals surface area contributed by atoms with Gasteiger partial charge in [0.25, 0.3) is 0 Å². The highest BCUT2D eigenvalue weighted by Crippen LogP contribution is 2.28. The average Bonchev–Trinajstić information content (AvgIpc) is 2.21. The van der Waals surface area contributed by atoms with Gasteiger partial charge in [0.2, 0.25) is 0 Å². The molecule has 1 heterocycles. The van der Waals surface area contributed by atoms with Crippen molar-refractivity contribution in [1.29, 1.82) is 0 Å². The third-order valence-electron chi connectivity index (χ3n) is 2.57. The molecule has 0 saturated heterocycles. The minimum Gasteiger partial charge on any atom is -0.491 e. The molecule has 0 radical (unpaired) electrons. The molecule has 0 aliphatic carbocycles. The van der Waals surface area contributed by atoms with Crippen LogP contribution in [0.1, 0.15) is 33.6 Å². The Labute approximate surface area is 90.8 Å². The Morgan fingerprint density at radius 1 is 1.67 bits per heavy atom. The normalized spacial score (nSPS) is 26.7. The number of hydrogen-bond acceptors (Lipinski definition) is 3. The number of allylic oxidation sites excluding steroid dienone is 1. The molecule has 0 spiro atoms. The van der Waals surface area contributed by atoms with E-state index in [0.717, 1.165) is 12.8 Å². The molecule has 0 saturated carbocycles. The average molecular weight is 210 g/mol. The fourth-order valence-electron chi connectivity index (χ4n) is 1.58. The Hall–Kier alpha value is -1.25. The van der Waals surface area contributed by atoms with E-state index in [9.17, 15) is 4.79 Å². The SMILES string of the molecule is COC(=O)/C(C)=C\C1(C)CCC(C)=CO1. The van der Waals surface area contributed by atoms with E-state index in [1.165, 1.54) is 12.7 Å². The quantitative estimate of drug-likeness (QED) is 0.519. The van der Waals surface area contributed by atoms with E-state index >= 15 is 0 Å². The topological polar surface area (TPSA) is 35.5 Å². The molecule has 0 bridgehead atoms. The van der Waals surface area contributed by atoms with E-state index in [1.54, 1.807) is 13.2 Å². The number of carbonyl (C=O) groups is 1. The monoisotopic (exact) mass is 210 g/mol. The van der Waals surface area contributed by atoms with Crippen molar-refractivity contribution < 1.29 is 14.3 Å². The summed E-state index contributed by atoms with van der Waals surface area (Å²) in [6.45, 7) is 5.75. The zero-order valence-corrected chi connectivity index (χ0v) is 9.79. The van der Waals surface area contributed by atoms with Crippen LogP contribution in [0.4, 0.5) is 0 Å². The fourth-order valence-corrected chi connectivity index (χ4v) is 1.58. The lowest BCUT2D eigenvalue weighted by Gasteiger charge is -2.30. The largest absolute Gasteiger partial charge is 0.491 e. The van der Waals surface area contributed by atoms with E-state index in [0.29, 0.717) is 5.57 Å². The van der Waals surface area contributed by atoms with Crippen LogP contribution in [-0.2, 0) is 14.3 Å². The highest BCUT2D eigenvalue weighted by molar-refractivity contribution is 5.87. The maximum Gasteiger partial charge on any atom is 0.333 e. The molecule has 0 aromatic rings. The van der Waals surface area contributed by atoms with Gasteiger partial charge in [-0.3, -0.25) is 0 Å². The highest BCUT2D eigenvalue weighted by atomic mass is 16.5. The molecule has 0 N–H and O–H groups in total. The number of carbonyl (C=O) groups excluding carboxylic acids is 1. The van der Waals surface area contributed by atoms with E-state index < -0.39 is 0 Å². The predicted molar refractivity (Wildman–Crippen MR) is 58.3 cm³/mol. The molecule has 0 aromatic carbocycles. The molecule has 1 rings (SSSR count). The lowest BCUT2D eigenvalue weighted by molar-refractivity contribution is -0.136. The molecule has 0 aromatic heterocycles. The summed E-state index contributed by atoms with van der Waals surface area (Å²) in [5.41, 5.74) is 1.45. The maximum absolute atomic E-state index is 11.2. The number of esters is 1. The van der Waals surface area contributed by atoms with Crippen molar-refractivity contribution in [1.82, 2.24) is 0 Å². The molecular formula is C12H18O3. The van der Waals surface area contributed by atoms with Crippen LogP contribution in [0.2, 0.25) is 0 Å². The second-order valence-corrected chi connectivity index (χ2v) is 4.21. The van der Waals surface area contributed by atoms with Crippen molar-refractivity contribution in [3.63, 3.8) is 0 Å². The van der Waals surface area contributed by atoms with E-state index in [4.69, 9.17) is 4.74 Å². The van der Waals surface area contributed by atoms with Gasteiger partial charge in [-0.15, -0.1) is 0 Å². The van der Waals surface area contributed by atoms with E-state index in [-0.39, 0.29) is 11.6 Å². The third kappa shape index (κ3) is 3.11. The van der Waals surface area contributed by atoms with Crippen molar-refractivity contribution in [3.05, 3.63) is 23.5 Å². The van der Waals surface area contributed by atoms with Gasteiger partial charge in [-0.1, -0.05) is 0 Å². The number of ether oxygens (including phenoxy) is 2. The minimum atomic E-state index is -0.377. The third-order valence-corrected chi connectivity index (χ3v) is 2.57. The van der Waals surface area contributed by atoms with Crippen LogP contribution in [0.3, 0.4) is 0 Å². The molecule has 1 atom stereocenters. The Morgan fingerprint density at radius 2 is 2.33 bits per heavy atom. The van der Waals surface area contributed by atoms with Crippen LogP contribution < -0.4 is 0 Å². The van der Waals surface area contributed by atoms with Gasteiger partial charge in [0, 0.05) is 5.57 Å². The Morgan fingerprint density at radius 3 is 2.80 bits per heavy atom. The second kappa shape index (κ2) is 4.51. The van der Waals surface area contributed by atoms with Gasteiger partial charge in [0.1, 0.15) is 5.60 Å². The predicted octanol–water partition coefficient (Wildman–Crippen LogP) is 2.58. The Bertz CT molecular complexity index is 315. The van der Waals surface area contributed by atoms with Crippen molar-refractivity contribution in [3.8, 4) is 0 Å². The van der Waals surface area contributed by atoms with E-state index in [1.807, 2.05) is 19.9 Å². The molecule has 1 aliphatic rings. The summed E-state index contributed by atoms with van der Waals surface area (Å²) >= 11 is 0. The molecule has 3 nitrogen and oxygen atoms in total. The first-order valence-electron chi connectivity index (χ1n) is 5.08. The summed E-state index contributed by atoms with van der Waals surface area (Å²) in [6.07, 6.45) is 5.50. The standard InChI is InChI=1S/C12H18O3/c1-9-5-6-12(3,15-8-9)7-10(2)11(13)14-4/h7-8H,5-6H2,1-4H3/b10-7-. The number of hydrogen-bond donors (Lipinski definition) is 0. The summed E-state index contributed by atoms with van der Waals surface area (Å²) in [7, 11) is 1.38. The van der Waals surface area contributed by atoms with Crippen LogP contribution in [0.5, 0.6) is 0 Å². The zero-order chi connectivity index (χ0) is 11.5. The van der Waals surface area contributed by atoms with Crippen molar-refractivity contribution >= 4 is 5.97 Å². The molecule has 0 amide bonds. The maximum atomic E-state index is 11.2. The number of methoxy groups -OCH3 is 1.